The van der Waals surface area contributed by atoms with Gasteiger partial charge in [0.25, 0.3) is 0 Å². The highest BCUT2D eigenvalue weighted by atomic mass is 16.5. The molecule has 0 atom stereocenters. The van der Waals surface area contributed by atoms with Crippen LogP contribution in [-0.2, 0) is 4.74 Å². The second kappa shape index (κ2) is 5.97. The van der Waals surface area contributed by atoms with Crippen LogP contribution in [-0.4, -0.2) is 46.8 Å². The Balaban J connectivity index is 2.12. The molecule has 1 fully saturated rings. The van der Waals surface area contributed by atoms with Gasteiger partial charge in [-0.25, -0.2) is 14.8 Å². The monoisotopic (exact) mass is 265 g/mol. The molecule has 0 saturated carbocycles. The predicted molar refractivity (Wildman–Crippen MR) is 70.2 cm³/mol. The third-order valence-corrected chi connectivity index (χ3v) is 3.21. The zero-order valence-electron chi connectivity index (χ0n) is 11.3. The maximum atomic E-state index is 11.6. The molecule has 0 bridgehead atoms. The number of piperidine rings is 1. The van der Waals surface area contributed by atoms with E-state index >= 15 is 0 Å². The molecule has 0 aromatic carbocycles. The van der Waals surface area contributed by atoms with Crippen molar-refractivity contribution in [1.82, 2.24) is 9.97 Å². The zero-order chi connectivity index (χ0) is 13.8. The van der Waals surface area contributed by atoms with Gasteiger partial charge in [0.1, 0.15) is 0 Å². The third kappa shape index (κ3) is 3.20. The molecule has 1 saturated heterocycles. The Morgan fingerprint density at radius 2 is 2.21 bits per heavy atom. The summed E-state index contributed by atoms with van der Waals surface area (Å²) in [6, 6.07) is 0. The fourth-order valence-electron chi connectivity index (χ4n) is 2.08. The van der Waals surface area contributed by atoms with Crippen molar-refractivity contribution in [2.24, 2.45) is 0 Å². The van der Waals surface area contributed by atoms with E-state index in [1.54, 1.807) is 13.8 Å². The van der Waals surface area contributed by atoms with Crippen LogP contribution >= 0.6 is 0 Å². The van der Waals surface area contributed by atoms with Gasteiger partial charge in [-0.2, -0.15) is 0 Å². The lowest BCUT2D eigenvalue weighted by Crippen LogP contribution is -2.37. The van der Waals surface area contributed by atoms with Gasteiger partial charge in [0.15, 0.2) is 0 Å². The van der Waals surface area contributed by atoms with Gasteiger partial charge in [-0.05, 0) is 26.7 Å². The van der Waals surface area contributed by atoms with Gasteiger partial charge >= 0.3 is 5.97 Å². The van der Waals surface area contributed by atoms with E-state index in [2.05, 4.69) is 9.97 Å². The molecule has 0 aliphatic carbocycles. The standard InChI is InChI=1S/C13H19N3O3/c1-3-19-12(18)11-8-14-13(15-9(11)2)16-6-4-10(17)5-7-16/h8,10,17H,3-7H2,1-2H3. The van der Waals surface area contributed by atoms with Crippen molar-refractivity contribution in [3.63, 3.8) is 0 Å². The molecule has 2 rings (SSSR count). The van der Waals surface area contributed by atoms with E-state index in [9.17, 15) is 9.90 Å². The molecule has 1 aromatic heterocycles. The summed E-state index contributed by atoms with van der Waals surface area (Å²) in [6.45, 7) is 5.35. The third-order valence-electron chi connectivity index (χ3n) is 3.21. The molecule has 6 nitrogen and oxygen atoms in total. The molecule has 0 spiro atoms. The minimum Gasteiger partial charge on any atom is -0.462 e. The van der Waals surface area contributed by atoms with E-state index in [1.807, 2.05) is 4.90 Å². The molecule has 1 N–H and O–H groups in total. The van der Waals surface area contributed by atoms with E-state index in [0.717, 1.165) is 25.9 Å². The van der Waals surface area contributed by atoms with Crippen molar-refractivity contribution in [2.45, 2.75) is 32.8 Å². The number of esters is 1. The van der Waals surface area contributed by atoms with Crippen LogP contribution in [0.2, 0.25) is 0 Å². The average molecular weight is 265 g/mol. The Labute approximate surface area is 112 Å². The topological polar surface area (TPSA) is 75.5 Å². The second-order valence-electron chi connectivity index (χ2n) is 4.61. The van der Waals surface area contributed by atoms with Crippen LogP contribution in [0.4, 0.5) is 5.95 Å². The first kappa shape index (κ1) is 13.7. The molecule has 1 aliphatic heterocycles. The smallest absolute Gasteiger partial charge is 0.341 e. The van der Waals surface area contributed by atoms with Gasteiger partial charge in [-0.15, -0.1) is 0 Å². The number of anilines is 1. The van der Waals surface area contributed by atoms with Crippen LogP contribution in [0.15, 0.2) is 6.20 Å². The highest BCUT2D eigenvalue weighted by Gasteiger charge is 2.20. The highest BCUT2D eigenvalue weighted by Crippen LogP contribution is 2.17. The second-order valence-corrected chi connectivity index (χ2v) is 4.61. The van der Waals surface area contributed by atoms with E-state index in [-0.39, 0.29) is 12.1 Å². The fourth-order valence-corrected chi connectivity index (χ4v) is 2.08. The number of aliphatic hydroxyl groups excluding tert-OH is 1. The van der Waals surface area contributed by atoms with Gasteiger partial charge in [0.2, 0.25) is 5.95 Å². The number of carbonyl (C=O) groups excluding carboxylic acids is 1. The summed E-state index contributed by atoms with van der Waals surface area (Å²) in [5.41, 5.74) is 1.03. The first-order valence-electron chi connectivity index (χ1n) is 6.55. The summed E-state index contributed by atoms with van der Waals surface area (Å²) < 4.78 is 4.94. The number of hydrogen-bond acceptors (Lipinski definition) is 6. The summed E-state index contributed by atoms with van der Waals surface area (Å²) in [5, 5.41) is 9.48. The Kier molecular flexibility index (Phi) is 4.31. The highest BCUT2D eigenvalue weighted by molar-refractivity contribution is 5.90. The van der Waals surface area contributed by atoms with Gasteiger partial charge in [-0.3, -0.25) is 0 Å². The van der Waals surface area contributed by atoms with Crippen LogP contribution in [0.3, 0.4) is 0 Å². The van der Waals surface area contributed by atoms with Crippen LogP contribution in [0.1, 0.15) is 35.8 Å². The van der Waals surface area contributed by atoms with E-state index in [0.29, 0.717) is 23.8 Å². The number of carbonyl (C=O) groups is 1. The Morgan fingerprint density at radius 1 is 1.53 bits per heavy atom. The molecule has 0 amide bonds. The van der Waals surface area contributed by atoms with Crippen molar-refractivity contribution in [2.75, 3.05) is 24.6 Å². The Hall–Kier alpha value is -1.69. The number of nitrogens with zero attached hydrogens (tertiary/aromatic N) is 3. The number of aliphatic hydroxyl groups is 1. The maximum Gasteiger partial charge on any atom is 0.341 e. The zero-order valence-corrected chi connectivity index (χ0v) is 11.3. The Morgan fingerprint density at radius 3 is 2.79 bits per heavy atom. The first-order chi connectivity index (χ1) is 9.11. The molecule has 104 valence electrons. The maximum absolute atomic E-state index is 11.6. The largest absolute Gasteiger partial charge is 0.462 e. The van der Waals surface area contributed by atoms with Crippen LogP contribution < -0.4 is 4.90 Å². The fraction of sp³-hybridized carbons (Fsp3) is 0.615. The van der Waals surface area contributed by atoms with Crippen molar-refractivity contribution in [3.8, 4) is 0 Å². The molecular formula is C13H19N3O3. The lowest BCUT2D eigenvalue weighted by molar-refractivity contribution is 0.0524. The molecule has 1 aromatic rings. The van der Waals surface area contributed by atoms with Gasteiger partial charge < -0.3 is 14.7 Å². The number of rotatable bonds is 3. The molecular weight excluding hydrogens is 246 g/mol. The number of aromatic nitrogens is 2. The average Bonchev–Trinajstić information content (AvgIpc) is 2.39. The molecule has 6 heteroatoms. The molecule has 1 aliphatic rings. The molecule has 0 unspecified atom stereocenters. The minimum absolute atomic E-state index is 0.226. The summed E-state index contributed by atoms with van der Waals surface area (Å²) in [4.78, 5) is 22.3. The summed E-state index contributed by atoms with van der Waals surface area (Å²) >= 11 is 0. The summed E-state index contributed by atoms with van der Waals surface area (Å²) in [6.07, 6.45) is 2.74. The van der Waals surface area contributed by atoms with Gasteiger partial charge in [0, 0.05) is 19.3 Å². The molecule has 2 heterocycles. The van der Waals surface area contributed by atoms with Crippen molar-refractivity contribution < 1.29 is 14.6 Å². The predicted octanol–water partition coefficient (Wildman–Crippen LogP) is 0.923. The normalized spacial score (nSPS) is 16.5. The van der Waals surface area contributed by atoms with Crippen LogP contribution in [0.25, 0.3) is 0 Å². The van der Waals surface area contributed by atoms with Crippen molar-refractivity contribution >= 4 is 11.9 Å². The number of ether oxygens (including phenoxy) is 1. The first-order valence-corrected chi connectivity index (χ1v) is 6.55. The van der Waals surface area contributed by atoms with E-state index in [1.165, 1.54) is 6.20 Å². The molecule has 0 radical (unpaired) electrons. The molecule has 19 heavy (non-hydrogen) atoms. The number of hydrogen-bond donors (Lipinski definition) is 1. The Bertz CT molecular complexity index is 456. The quantitative estimate of drug-likeness (QED) is 0.819. The van der Waals surface area contributed by atoms with E-state index < -0.39 is 0 Å². The van der Waals surface area contributed by atoms with Crippen molar-refractivity contribution in [1.29, 1.82) is 0 Å². The van der Waals surface area contributed by atoms with E-state index in [4.69, 9.17) is 4.74 Å². The van der Waals surface area contributed by atoms with Crippen molar-refractivity contribution in [3.05, 3.63) is 17.5 Å². The lowest BCUT2D eigenvalue weighted by atomic mass is 10.1. The van der Waals surface area contributed by atoms with Gasteiger partial charge in [0.05, 0.1) is 24.0 Å². The van der Waals surface area contributed by atoms with Crippen LogP contribution in [0.5, 0.6) is 0 Å². The summed E-state index contributed by atoms with van der Waals surface area (Å²) in [5.74, 6) is 0.220. The lowest BCUT2D eigenvalue weighted by Gasteiger charge is -2.29. The number of aryl methyl sites for hydroxylation is 1. The van der Waals surface area contributed by atoms with Gasteiger partial charge in [-0.1, -0.05) is 0 Å². The minimum atomic E-state index is -0.388. The SMILES string of the molecule is CCOC(=O)c1cnc(N2CCC(O)CC2)nc1C. The summed E-state index contributed by atoms with van der Waals surface area (Å²) in [7, 11) is 0. The van der Waals surface area contributed by atoms with Crippen LogP contribution in [0, 0.1) is 6.92 Å².